The minimum atomic E-state index is -0.245. The van der Waals surface area contributed by atoms with Crippen LogP contribution in [0.3, 0.4) is 0 Å². The van der Waals surface area contributed by atoms with Gasteiger partial charge < -0.3 is 10.6 Å². The fourth-order valence-electron chi connectivity index (χ4n) is 1.84. The van der Waals surface area contributed by atoms with Crippen molar-refractivity contribution in [3.8, 4) is 0 Å². The molecule has 0 aliphatic rings. The van der Waals surface area contributed by atoms with Crippen LogP contribution in [0.15, 0.2) is 42.5 Å². The minimum absolute atomic E-state index is 0.245. The van der Waals surface area contributed by atoms with Gasteiger partial charge in [-0.15, -0.1) is 0 Å². The number of halogens is 1. The van der Waals surface area contributed by atoms with Crippen molar-refractivity contribution in [1.29, 1.82) is 0 Å². The molecule has 0 spiro atoms. The van der Waals surface area contributed by atoms with E-state index < -0.39 is 0 Å². The molecule has 0 atom stereocenters. The van der Waals surface area contributed by atoms with Crippen LogP contribution < -0.4 is 10.6 Å². The van der Waals surface area contributed by atoms with Crippen LogP contribution in [0.2, 0.25) is 5.02 Å². The topological polar surface area (TPSA) is 41.1 Å². The van der Waals surface area contributed by atoms with Crippen LogP contribution in [-0.4, -0.2) is 6.03 Å². The Balaban J connectivity index is 1.90. The van der Waals surface area contributed by atoms with Crippen molar-refractivity contribution in [2.45, 2.75) is 20.4 Å². The Kier molecular flexibility index (Phi) is 4.64. The molecule has 0 radical (unpaired) electrons. The molecule has 0 aliphatic heterocycles. The largest absolute Gasteiger partial charge is 0.334 e. The van der Waals surface area contributed by atoms with Gasteiger partial charge in [0.1, 0.15) is 0 Å². The van der Waals surface area contributed by atoms with E-state index in [1.165, 1.54) is 11.1 Å². The normalized spacial score (nSPS) is 10.2. The number of hydrogen-bond donors (Lipinski definition) is 2. The van der Waals surface area contributed by atoms with Crippen LogP contribution in [0, 0.1) is 13.8 Å². The molecule has 0 fully saturated rings. The Bertz CT molecular complexity index is 626. The number of carbonyl (C=O) groups is 1. The maximum atomic E-state index is 11.8. The van der Waals surface area contributed by atoms with E-state index in [4.69, 9.17) is 11.6 Å². The van der Waals surface area contributed by atoms with E-state index in [-0.39, 0.29) is 6.03 Å². The van der Waals surface area contributed by atoms with Crippen molar-refractivity contribution >= 4 is 23.3 Å². The molecule has 3 nitrogen and oxygen atoms in total. The predicted octanol–water partition coefficient (Wildman–Crippen LogP) is 4.28. The SMILES string of the molecule is Cc1ccc(CNC(=O)Nc2cccc(Cl)c2)cc1C. The van der Waals surface area contributed by atoms with E-state index in [0.717, 1.165) is 5.56 Å². The van der Waals surface area contributed by atoms with Crippen molar-refractivity contribution in [3.63, 3.8) is 0 Å². The van der Waals surface area contributed by atoms with Gasteiger partial charge in [-0.05, 0) is 48.7 Å². The summed E-state index contributed by atoms with van der Waals surface area (Å²) >= 11 is 5.86. The van der Waals surface area contributed by atoms with Gasteiger partial charge in [0, 0.05) is 17.3 Å². The maximum Gasteiger partial charge on any atom is 0.319 e. The standard InChI is InChI=1S/C16H17ClN2O/c1-11-6-7-13(8-12(11)2)10-18-16(20)19-15-5-3-4-14(17)9-15/h3-9H,10H2,1-2H3,(H2,18,19,20). The Morgan fingerprint density at radius 2 is 1.90 bits per heavy atom. The zero-order chi connectivity index (χ0) is 14.5. The smallest absolute Gasteiger partial charge is 0.319 e. The van der Waals surface area contributed by atoms with E-state index >= 15 is 0 Å². The second-order valence-corrected chi connectivity index (χ2v) is 5.17. The molecule has 0 aromatic heterocycles. The molecule has 0 saturated carbocycles. The zero-order valence-electron chi connectivity index (χ0n) is 11.5. The van der Waals surface area contributed by atoms with E-state index in [1.807, 2.05) is 6.07 Å². The van der Waals surface area contributed by atoms with Gasteiger partial charge in [-0.1, -0.05) is 35.9 Å². The highest BCUT2D eigenvalue weighted by Crippen LogP contribution is 2.14. The molecule has 0 bridgehead atoms. The summed E-state index contributed by atoms with van der Waals surface area (Å²) in [6, 6.07) is 13.0. The van der Waals surface area contributed by atoms with Crippen molar-refractivity contribution in [3.05, 3.63) is 64.2 Å². The average molecular weight is 289 g/mol. The van der Waals surface area contributed by atoms with E-state index in [0.29, 0.717) is 17.3 Å². The van der Waals surface area contributed by atoms with Gasteiger partial charge in [-0.25, -0.2) is 4.79 Å². The highest BCUT2D eigenvalue weighted by molar-refractivity contribution is 6.30. The van der Waals surface area contributed by atoms with Crippen molar-refractivity contribution in [2.24, 2.45) is 0 Å². The van der Waals surface area contributed by atoms with Crippen molar-refractivity contribution in [2.75, 3.05) is 5.32 Å². The Morgan fingerprint density at radius 1 is 1.10 bits per heavy atom. The van der Waals surface area contributed by atoms with Gasteiger partial charge in [-0.3, -0.25) is 0 Å². The predicted molar refractivity (Wildman–Crippen MR) is 83.2 cm³/mol. The minimum Gasteiger partial charge on any atom is -0.334 e. The molecule has 4 heteroatoms. The first-order valence-electron chi connectivity index (χ1n) is 6.41. The first-order chi connectivity index (χ1) is 9.54. The second kappa shape index (κ2) is 6.44. The highest BCUT2D eigenvalue weighted by Gasteiger charge is 2.03. The number of urea groups is 1. The van der Waals surface area contributed by atoms with Gasteiger partial charge in [0.05, 0.1) is 0 Å². The second-order valence-electron chi connectivity index (χ2n) is 4.74. The third-order valence-electron chi connectivity index (χ3n) is 3.11. The Labute approximate surface area is 124 Å². The number of anilines is 1. The van der Waals surface area contributed by atoms with Gasteiger partial charge >= 0.3 is 6.03 Å². The molecule has 0 heterocycles. The quantitative estimate of drug-likeness (QED) is 0.869. The molecule has 104 valence electrons. The van der Waals surface area contributed by atoms with Crippen LogP contribution in [0.1, 0.15) is 16.7 Å². The lowest BCUT2D eigenvalue weighted by atomic mass is 10.1. The molecule has 0 saturated heterocycles. The summed E-state index contributed by atoms with van der Waals surface area (Å²) in [6.45, 7) is 4.62. The third-order valence-corrected chi connectivity index (χ3v) is 3.34. The lowest BCUT2D eigenvalue weighted by molar-refractivity contribution is 0.251. The molecule has 2 rings (SSSR count). The van der Waals surface area contributed by atoms with Crippen LogP contribution >= 0.6 is 11.6 Å². The summed E-state index contributed by atoms with van der Waals surface area (Å²) in [7, 11) is 0. The fraction of sp³-hybridized carbons (Fsp3) is 0.188. The molecular formula is C16H17ClN2O. The van der Waals surface area contributed by atoms with Crippen molar-refractivity contribution in [1.82, 2.24) is 5.32 Å². The summed E-state index contributed by atoms with van der Waals surface area (Å²) in [6.07, 6.45) is 0. The molecular weight excluding hydrogens is 272 g/mol. The van der Waals surface area contributed by atoms with Crippen LogP contribution in [0.25, 0.3) is 0 Å². The van der Waals surface area contributed by atoms with E-state index in [9.17, 15) is 4.79 Å². The van der Waals surface area contributed by atoms with Crippen LogP contribution in [-0.2, 0) is 6.54 Å². The molecule has 2 amide bonds. The van der Waals surface area contributed by atoms with Gasteiger partial charge in [0.25, 0.3) is 0 Å². The number of rotatable bonds is 3. The Morgan fingerprint density at radius 3 is 2.60 bits per heavy atom. The molecule has 20 heavy (non-hydrogen) atoms. The summed E-state index contributed by atoms with van der Waals surface area (Å²) in [5.41, 5.74) is 4.22. The van der Waals surface area contributed by atoms with Crippen LogP contribution in [0.4, 0.5) is 10.5 Å². The van der Waals surface area contributed by atoms with E-state index in [1.54, 1.807) is 24.3 Å². The van der Waals surface area contributed by atoms with Gasteiger partial charge in [-0.2, -0.15) is 0 Å². The molecule has 2 N–H and O–H groups in total. The number of hydrogen-bond acceptors (Lipinski definition) is 1. The summed E-state index contributed by atoms with van der Waals surface area (Å²) in [4.78, 5) is 11.8. The van der Waals surface area contributed by atoms with E-state index in [2.05, 4.69) is 36.6 Å². The zero-order valence-corrected chi connectivity index (χ0v) is 12.3. The number of aryl methyl sites for hydroxylation is 2. The number of nitrogens with one attached hydrogen (secondary N) is 2. The molecule has 0 aliphatic carbocycles. The fourth-order valence-corrected chi connectivity index (χ4v) is 2.03. The number of carbonyl (C=O) groups excluding carboxylic acids is 1. The maximum absolute atomic E-state index is 11.8. The highest BCUT2D eigenvalue weighted by atomic mass is 35.5. The monoisotopic (exact) mass is 288 g/mol. The molecule has 2 aromatic carbocycles. The number of benzene rings is 2. The van der Waals surface area contributed by atoms with Gasteiger partial charge in [0.15, 0.2) is 0 Å². The molecule has 2 aromatic rings. The summed E-state index contributed by atoms with van der Waals surface area (Å²) in [5, 5.41) is 6.16. The van der Waals surface area contributed by atoms with Crippen molar-refractivity contribution < 1.29 is 4.79 Å². The summed E-state index contributed by atoms with van der Waals surface area (Å²) in [5.74, 6) is 0. The lowest BCUT2D eigenvalue weighted by Gasteiger charge is -2.09. The summed E-state index contributed by atoms with van der Waals surface area (Å²) < 4.78 is 0. The third kappa shape index (κ3) is 4.00. The first-order valence-corrected chi connectivity index (χ1v) is 6.79. The van der Waals surface area contributed by atoms with Crippen LogP contribution in [0.5, 0.6) is 0 Å². The molecule has 0 unspecified atom stereocenters. The lowest BCUT2D eigenvalue weighted by Crippen LogP contribution is -2.28. The number of amides is 2. The first kappa shape index (κ1) is 14.4. The Hall–Kier alpha value is -2.00. The van der Waals surface area contributed by atoms with Gasteiger partial charge in [0.2, 0.25) is 0 Å². The average Bonchev–Trinajstić information content (AvgIpc) is 2.40.